The van der Waals surface area contributed by atoms with Crippen LogP contribution in [-0.2, 0) is 19.1 Å². The molecular formula is C17H21N3O6. The highest BCUT2D eigenvalue weighted by atomic mass is 16.5. The minimum Gasteiger partial charge on any atom is -0.497 e. The van der Waals surface area contributed by atoms with Crippen LogP contribution in [0.3, 0.4) is 0 Å². The van der Waals surface area contributed by atoms with Crippen molar-refractivity contribution in [2.24, 2.45) is 5.73 Å². The first-order chi connectivity index (χ1) is 12.2. The number of primary amides is 1. The van der Waals surface area contributed by atoms with Crippen molar-refractivity contribution in [2.45, 2.75) is 26.0 Å². The van der Waals surface area contributed by atoms with Crippen molar-refractivity contribution >= 4 is 29.9 Å². The molecule has 1 aromatic carbocycles. The number of nitrogens with one attached hydrogen (secondary N) is 2. The van der Waals surface area contributed by atoms with Gasteiger partial charge in [-0.25, -0.2) is 9.59 Å². The Hall–Kier alpha value is -3.36. The minimum absolute atomic E-state index is 0.514. The fraction of sp³-hybridized carbons (Fsp3) is 0.294. The van der Waals surface area contributed by atoms with Crippen LogP contribution in [-0.4, -0.2) is 43.1 Å². The zero-order valence-electron chi connectivity index (χ0n) is 14.6. The lowest BCUT2D eigenvalue weighted by Gasteiger charge is -2.16. The molecular weight excluding hydrogens is 342 g/mol. The molecule has 0 aliphatic heterocycles. The highest BCUT2D eigenvalue weighted by Gasteiger charge is 2.23. The summed E-state index contributed by atoms with van der Waals surface area (Å²) < 4.78 is 9.89. The van der Waals surface area contributed by atoms with Crippen molar-refractivity contribution in [3.05, 3.63) is 35.9 Å². The predicted octanol–water partition coefficient (Wildman–Crippen LogP) is 0.340. The fourth-order valence-corrected chi connectivity index (χ4v) is 1.76. The third kappa shape index (κ3) is 7.04. The molecule has 0 saturated heterocycles. The molecule has 0 aromatic heterocycles. The summed E-state index contributed by atoms with van der Waals surface area (Å²) in [5.41, 5.74) is 5.57. The summed E-state index contributed by atoms with van der Waals surface area (Å²) in [6, 6.07) is 4.97. The average molecular weight is 363 g/mol. The van der Waals surface area contributed by atoms with Crippen LogP contribution >= 0.6 is 0 Å². The molecule has 0 heterocycles. The first-order valence-corrected chi connectivity index (χ1v) is 7.66. The van der Waals surface area contributed by atoms with Gasteiger partial charge < -0.3 is 20.5 Å². The molecule has 0 unspecified atom stereocenters. The maximum Gasteiger partial charge on any atom is 0.329 e. The van der Waals surface area contributed by atoms with Gasteiger partial charge in [-0.15, -0.1) is 0 Å². The number of imide groups is 1. The summed E-state index contributed by atoms with van der Waals surface area (Å²) in [7, 11) is 1.55. The Morgan fingerprint density at radius 2 is 1.73 bits per heavy atom. The minimum atomic E-state index is -1.23. The number of rotatable bonds is 7. The second kappa shape index (κ2) is 9.82. The van der Waals surface area contributed by atoms with Crippen LogP contribution in [0.15, 0.2) is 30.3 Å². The Kier molecular flexibility index (Phi) is 7.81. The van der Waals surface area contributed by atoms with Gasteiger partial charge in [-0.05, 0) is 37.6 Å². The Labute approximate surface area is 150 Å². The van der Waals surface area contributed by atoms with E-state index in [0.717, 1.165) is 5.56 Å². The number of hydrogen-bond donors (Lipinski definition) is 3. The molecule has 0 fully saturated rings. The highest BCUT2D eigenvalue weighted by molar-refractivity contribution is 5.97. The van der Waals surface area contributed by atoms with Crippen LogP contribution in [0.25, 0.3) is 6.08 Å². The van der Waals surface area contributed by atoms with E-state index in [0.29, 0.717) is 5.75 Å². The van der Waals surface area contributed by atoms with Crippen LogP contribution in [0.1, 0.15) is 19.4 Å². The molecule has 0 aliphatic carbocycles. The van der Waals surface area contributed by atoms with Crippen LogP contribution in [0, 0.1) is 0 Å². The van der Waals surface area contributed by atoms with Crippen LogP contribution in [0.4, 0.5) is 4.79 Å². The molecule has 4 N–H and O–H groups in total. The molecule has 26 heavy (non-hydrogen) atoms. The van der Waals surface area contributed by atoms with E-state index in [1.54, 1.807) is 42.8 Å². The molecule has 2 atom stereocenters. The molecule has 4 amide bonds. The Morgan fingerprint density at radius 1 is 1.12 bits per heavy atom. The molecule has 0 saturated carbocycles. The number of nitrogens with two attached hydrogens (primary N) is 1. The molecule has 9 nitrogen and oxygen atoms in total. The Morgan fingerprint density at radius 3 is 2.27 bits per heavy atom. The first-order valence-electron chi connectivity index (χ1n) is 7.66. The van der Waals surface area contributed by atoms with Gasteiger partial charge in [0.15, 0.2) is 6.10 Å². The number of carbonyl (C=O) groups excluding carboxylic acids is 4. The summed E-state index contributed by atoms with van der Waals surface area (Å²) in [5.74, 6) is -1.51. The maximum absolute atomic E-state index is 11.9. The quantitative estimate of drug-likeness (QED) is 0.472. The largest absolute Gasteiger partial charge is 0.497 e. The topological polar surface area (TPSA) is 137 Å². The van der Waals surface area contributed by atoms with E-state index in [9.17, 15) is 19.2 Å². The molecule has 0 spiro atoms. The van der Waals surface area contributed by atoms with Gasteiger partial charge >= 0.3 is 12.0 Å². The summed E-state index contributed by atoms with van der Waals surface area (Å²) in [6.07, 6.45) is 1.59. The van der Waals surface area contributed by atoms with Crippen molar-refractivity contribution in [1.29, 1.82) is 0 Å². The van der Waals surface area contributed by atoms with Crippen molar-refractivity contribution < 1.29 is 28.7 Å². The third-order valence-electron chi connectivity index (χ3n) is 3.16. The zero-order valence-corrected chi connectivity index (χ0v) is 14.6. The lowest BCUT2D eigenvalue weighted by Crippen LogP contribution is -2.45. The standard InChI is InChI=1S/C17H21N3O6/c1-10(16(23)26-11(2)15(22)20-17(18)24)19-14(21)9-6-12-4-7-13(25-3)8-5-12/h4-11H,1-3H3,(H,19,21)(H3,18,20,22,24)/b9-6+/t10-,11-/m0/s1. The number of carbonyl (C=O) groups is 4. The van der Waals surface area contributed by atoms with Gasteiger partial charge in [-0.3, -0.25) is 14.9 Å². The summed E-state index contributed by atoms with van der Waals surface area (Å²) in [6.45, 7) is 2.68. The lowest BCUT2D eigenvalue weighted by atomic mass is 10.2. The van der Waals surface area contributed by atoms with Gasteiger partial charge in [0.25, 0.3) is 5.91 Å². The summed E-state index contributed by atoms with van der Waals surface area (Å²) >= 11 is 0. The molecule has 140 valence electrons. The Bertz CT molecular complexity index is 699. The van der Waals surface area contributed by atoms with Gasteiger partial charge in [0.1, 0.15) is 11.8 Å². The number of methoxy groups -OCH3 is 1. The Balaban J connectivity index is 2.51. The van der Waals surface area contributed by atoms with Crippen LogP contribution < -0.4 is 21.1 Å². The van der Waals surface area contributed by atoms with Crippen molar-refractivity contribution in [2.75, 3.05) is 7.11 Å². The molecule has 1 aromatic rings. The number of hydrogen-bond acceptors (Lipinski definition) is 6. The van der Waals surface area contributed by atoms with Gasteiger partial charge in [0.2, 0.25) is 5.91 Å². The van der Waals surface area contributed by atoms with E-state index in [1.165, 1.54) is 19.9 Å². The van der Waals surface area contributed by atoms with E-state index >= 15 is 0 Å². The monoisotopic (exact) mass is 363 g/mol. The SMILES string of the molecule is COc1ccc(/C=C/C(=O)N[C@@H](C)C(=O)O[C@@H](C)C(=O)NC(N)=O)cc1. The number of ether oxygens (including phenoxy) is 2. The van der Waals surface area contributed by atoms with Crippen molar-refractivity contribution in [1.82, 2.24) is 10.6 Å². The van der Waals surface area contributed by atoms with E-state index in [2.05, 4.69) is 5.32 Å². The molecule has 9 heteroatoms. The van der Waals surface area contributed by atoms with Gasteiger partial charge in [-0.1, -0.05) is 12.1 Å². The number of urea groups is 1. The van der Waals surface area contributed by atoms with Gasteiger partial charge in [-0.2, -0.15) is 0 Å². The normalized spacial score (nSPS) is 12.7. The molecule has 1 rings (SSSR count). The second-order valence-electron chi connectivity index (χ2n) is 5.27. The summed E-state index contributed by atoms with van der Waals surface area (Å²) in [4.78, 5) is 45.7. The maximum atomic E-state index is 11.9. The van der Waals surface area contributed by atoms with Crippen LogP contribution in [0.5, 0.6) is 5.75 Å². The van der Waals surface area contributed by atoms with E-state index in [-0.39, 0.29) is 0 Å². The number of amides is 4. The molecule has 0 bridgehead atoms. The fourth-order valence-electron chi connectivity index (χ4n) is 1.76. The third-order valence-corrected chi connectivity index (χ3v) is 3.16. The first kappa shape index (κ1) is 20.7. The molecule has 0 aliphatic rings. The molecule has 0 radical (unpaired) electrons. The van der Waals surface area contributed by atoms with Crippen molar-refractivity contribution in [3.63, 3.8) is 0 Å². The summed E-state index contributed by atoms with van der Waals surface area (Å²) in [5, 5.41) is 4.20. The number of esters is 1. The van der Waals surface area contributed by atoms with E-state index in [1.807, 2.05) is 0 Å². The number of benzene rings is 1. The van der Waals surface area contributed by atoms with Crippen LogP contribution in [0.2, 0.25) is 0 Å². The second-order valence-corrected chi connectivity index (χ2v) is 5.27. The van der Waals surface area contributed by atoms with E-state index < -0.39 is 36.0 Å². The van der Waals surface area contributed by atoms with E-state index in [4.69, 9.17) is 15.2 Å². The predicted molar refractivity (Wildman–Crippen MR) is 92.9 cm³/mol. The zero-order chi connectivity index (χ0) is 19.7. The smallest absolute Gasteiger partial charge is 0.329 e. The lowest BCUT2D eigenvalue weighted by molar-refractivity contribution is -0.156. The average Bonchev–Trinajstić information content (AvgIpc) is 2.59. The van der Waals surface area contributed by atoms with Crippen molar-refractivity contribution in [3.8, 4) is 5.75 Å². The van der Waals surface area contributed by atoms with Gasteiger partial charge in [0.05, 0.1) is 7.11 Å². The highest BCUT2D eigenvalue weighted by Crippen LogP contribution is 2.12. The van der Waals surface area contributed by atoms with Gasteiger partial charge in [0, 0.05) is 6.08 Å².